The quantitative estimate of drug-likeness (QED) is 0.260. The lowest BCUT2D eigenvalue weighted by Gasteiger charge is -2.14. The molecule has 0 unspecified atom stereocenters. The number of thiophene rings is 1. The molecule has 3 heterocycles. The van der Waals surface area contributed by atoms with E-state index in [-0.39, 0.29) is 17.0 Å². The van der Waals surface area contributed by atoms with Crippen molar-refractivity contribution in [3.05, 3.63) is 61.2 Å². The second-order valence-electron chi connectivity index (χ2n) is 7.75. The maximum Gasteiger partial charge on any atom is 0.348 e. The third kappa shape index (κ3) is 4.07. The van der Waals surface area contributed by atoms with Gasteiger partial charge in [-0.05, 0) is 30.5 Å². The number of hydrogen-bond donors (Lipinski definition) is 1. The van der Waals surface area contributed by atoms with Crippen molar-refractivity contribution in [3.63, 3.8) is 0 Å². The van der Waals surface area contributed by atoms with Crippen LogP contribution in [0.1, 0.15) is 34.9 Å². The zero-order chi connectivity index (χ0) is 23.0. The van der Waals surface area contributed by atoms with Crippen molar-refractivity contribution < 1.29 is 9.53 Å². The molecule has 166 valence electrons. The van der Waals surface area contributed by atoms with Gasteiger partial charge in [-0.15, -0.1) is 11.3 Å². The number of methoxy groups -OCH3 is 1. The summed E-state index contributed by atoms with van der Waals surface area (Å²) in [4.78, 5) is 50.6. The Morgan fingerprint density at radius 2 is 2.00 bits per heavy atom. The highest BCUT2D eigenvalue weighted by Crippen LogP contribution is 2.28. The molecule has 4 rings (SSSR count). The van der Waals surface area contributed by atoms with Crippen LogP contribution in [0.5, 0.6) is 0 Å². The topological polar surface area (TPSA) is 107 Å². The molecule has 32 heavy (non-hydrogen) atoms. The first-order valence-corrected chi connectivity index (χ1v) is 11.8. The van der Waals surface area contributed by atoms with Gasteiger partial charge in [0, 0.05) is 6.54 Å². The van der Waals surface area contributed by atoms with Crippen LogP contribution in [0.4, 0.5) is 0 Å². The molecule has 0 amide bonds. The number of esters is 1. The number of H-pyrrole nitrogens is 1. The Morgan fingerprint density at radius 3 is 2.72 bits per heavy atom. The summed E-state index contributed by atoms with van der Waals surface area (Å²) in [6.45, 7) is 6.33. The van der Waals surface area contributed by atoms with Gasteiger partial charge in [0.2, 0.25) is 0 Å². The molecular weight excluding hydrogens is 448 g/mol. The highest BCUT2D eigenvalue weighted by molar-refractivity contribution is 7.98. The van der Waals surface area contributed by atoms with Crippen molar-refractivity contribution >= 4 is 50.2 Å². The zero-order valence-electron chi connectivity index (χ0n) is 18.1. The van der Waals surface area contributed by atoms with E-state index in [9.17, 15) is 14.4 Å². The van der Waals surface area contributed by atoms with Crippen molar-refractivity contribution in [1.29, 1.82) is 0 Å². The average molecular weight is 471 g/mol. The summed E-state index contributed by atoms with van der Waals surface area (Å²) in [7, 11) is 1.30. The summed E-state index contributed by atoms with van der Waals surface area (Å²) >= 11 is 2.48. The molecule has 8 nitrogen and oxygen atoms in total. The number of fused-ring (bicyclic) bond motifs is 2. The van der Waals surface area contributed by atoms with Crippen LogP contribution in [0, 0.1) is 12.8 Å². The predicted octanol–water partition coefficient (Wildman–Crippen LogP) is 3.74. The summed E-state index contributed by atoms with van der Waals surface area (Å²) in [6.07, 6.45) is 0. The van der Waals surface area contributed by atoms with E-state index in [1.54, 1.807) is 17.6 Å². The van der Waals surface area contributed by atoms with Gasteiger partial charge in [0.05, 0.1) is 29.2 Å². The van der Waals surface area contributed by atoms with Crippen LogP contribution in [0.25, 0.3) is 21.1 Å². The molecule has 0 aliphatic carbocycles. The van der Waals surface area contributed by atoms with Crippen molar-refractivity contribution in [1.82, 2.24) is 19.5 Å². The maximum absolute atomic E-state index is 13.1. The van der Waals surface area contributed by atoms with E-state index in [0.29, 0.717) is 54.8 Å². The maximum atomic E-state index is 13.1. The Morgan fingerprint density at radius 1 is 1.25 bits per heavy atom. The molecule has 4 aromatic rings. The van der Waals surface area contributed by atoms with Gasteiger partial charge in [0.1, 0.15) is 15.5 Å². The zero-order valence-corrected chi connectivity index (χ0v) is 19.7. The fraction of sp³-hybridized carbons (Fsp3) is 0.318. The first kappa shape index (κ1) is 22.2. The molecule has 0 spiro atoms. The molecule has 0 atom stereocenters. The average Bonchev–Trinajstić information content (AvgIpc) is 3.10. The van der Waals surface area contributed by atoms with Crippen LogP contribution < -0.4 is 11.1 Å². The largest absolute Gasteiger partial charge is 0.465 e. The molecule has 3 aromatic heterocycles. The SMILES string of the molecule is COC(=O)c1sc2nc(CSc3nc4ccccc4c(=O)n3CC(C)C)[nH]c(=O)c2c1C. The summed E-state index contributed by atoms with van der Waals surface area (Å²) in [5.74, 6) is 0.538. The van der Waals surface area contributed by atoms with E-state index in [0.717, 1.165) is 11.3 Å². The Labute approximate surface area is 191 Å². The summed E-state index contributed by atoms with van der Waals surface area (Å²) in [6, 6.07) is 7.27. The van der Waals surface area contributed by atoms with Gasteiger partial charge in [0.25, 0.3) is 11.1 Å². The number of carbonyl (C=O) groups is 1. The molecule has 1 aromatic carbocycles. The second kappa shape index (κ2) is 8.87. The molecule has 0 radical (unpaired) electrons. The minimum Gasteiger partial charge on any atom is -0.465 e. The van der Waals surface area contributed by atoms with Crippen LogP contribution in [0.2, 0.25) is 0 Å². The Balaban J connectivity index is 1.72. The van der Waals surface area contributed by atoms with Gasteiger partial charge in [-0.1, -0.05) is 37.7 Å². The lowest BCUT2D eigenvalue weighted by molar-refractivity contribution is 0.0605. The Bertz CT molecular complexity index is 1450. The van der Waals surface area contributed by atoms with Crippen LogP contribution in [-0.4, -0.2) is 32.6 Å². The molecular formula is C22H22N4O4S2. The van der Waals surface area contributed by atoms with Gasteiger partial charge >= 0.3 is 5.97 Å². The molecule has 0 bridgehead atoms. The standard InChI is InChI=1S/C22H22N4O4S2/c1-11(2)9-26-20(28)13-7-5-6-8-14(13)23-22(26)31-10-15-24-18(27)16-12(3)17(21(29)30-4)32-19(16)25-15/h5-8,11H,9-10H2,1-4H3,(H,24,25,27). The Hall–Kier alpha value is -2.98. The highest BCUT2D eigenvalue weighted by Gasteiger charge is 2.20. The van der Waals surface area contributed by atoms with Crippen LogP contribution in [0.3, 0.4) is 0 Å². The van der Waals surface area contributed by atoms with E-state index in [1.807, 2.05) is 32.0 Å². The second-order valence-corrected chi connectivity index (χ2v) is 9.69. The number of aromatic nitrogens is 4. The van der Waals surface area contributed by atoms with Gasteiger partial charge < -0.3 is 9.72 Å². The number of thioether (sulfide) groups is 1. The van der Waals surface area contributed by atoms with Crippen LogP contribution >= 0.6 is 23.1 Å². The lowest BCUT2D eigenvalue weighted by Crippen LogP contribution is -2.25. The number of para-hydroxylation sites is 1. The number of aromatic amines is 1. The van der Waals surface area contributed by atoms with Gasteiger partial charge in [-0.2, -0.15) is 0 Å². The number of benzene rings is 1. The van der Waals surface area contributed by atoms with Crippen molar-refractivity contribution in [2.24, 2.45) is 5.92 Å². The normalized spacial score (nSPS) is 11.5. The fourth-order valence-corrected chi connectivity index (χ4v) is 5.46. The molecule has 10 heteroatoms. The number of rotatable bonds is 6. The van der Waals surface area contributed by atoms with Crippen molar-refractivity contribution in [2.45, 2.75) is 38.2 Å². The highest BCUT2D eigenvalue weighted by atomic mass is 32.2. The number of nitrogens with zero attached hydrogens (tertiary/aromatic N) is 3. The van der Waals surface area contributed by atoms with Crippen LogP contribution in [0.15, 0.2) is 39.0 Å². The minimum absolute atomic E-state index is 0.0830. The number of hydrogen-bond acceptors (Lipinski definition) is 8. The number of ether oxygens (including phenoxy) is 1. The van der Waals surface area contributed by atoms with E-state index in [2.05, 4.69) is 15.0 Å². The number of aryl methyl sites for hydroxylation is 1. The van der Waals surface area contributed by atoms with E-state index < -0.39 is 5.97 Å². The molecule has 0 saturated heterocycles. The minimum atomic E-state index is -0.487. The lowest BCUT2D eigenvalue weighted by atomic mass is 10.2. The van der Waals surface area contributed by atoms with Gasteiger partial charge in [-0.3, -0.25) is 14.2 Å². The number of carbonyl (C=O) groups excluding carboxylic acids is 1. The van der Waals surface area contributed by atoms with E-state index >= 15 is 0 Å². The smallest absolute Gasteiger partial charge is 0.348 e. The number of nitrogens with one attached hydrogen (secondary N) is 1. The molecule has 0 fully saturated rings. The molecule has 0 saturated carbocycles. The summed E-state index contributed by atoms with van der Waals surface area (Å²) < 4.78 is 6.48. The fourth-order valence-electron chi connectivity index (χ4n) is 3.46. The third-order valence-corrected chi connectivity index (χ3v) is 7.09. The van der Waals surface area contributed by atoms with Gasteiger partial charge in [-0.25, -0.2) is 14.8 Å². The predicted molar refractivity (Wildman–Crippen MR) is 127 cm³/mol. The van der Waals surface area contributed by atoms with Crippen molar-refractivity contribution in [2.75, 3.05) is 7.11 Å². The van der Waals surface area contributed by atoms with E-state index in [4.69, 9.17) is 4.74 Å². The Kier molecular flexibility index (Phi) is 6.16. The van der Waals surface area contributed by atoms with E-state index in [1.165, 1.54) is 18.9 Å². The first-order chi connectivity index (χ1) is 15.3. The molecule has 1 N–H and O–H groups in total. The first-order valence-electron chi connectivity index (χ1n) is 10.0. The van der Waals surface area contributed by atoms with Gasteiger partial charge in [0.15, 0.2) is 5.16 Å². The molecule has 0 aliphatic heterocycles. The summed E-state index contributed by atoms with van der Waals surface area (Å²) in [5, 5.41) is 1.54. The van der Waals surface area contributed by atoms with Crippen molar-refractivity contribution in [3.8, 4) is 0 Å². The third-order valence-electron chi connectivity index (χ3n) is 4.93. The summed E-state index contributed by atoms with van der Waals surface area (Å²) in [5.41, 5.74) is 0.807. The van der Waals surface area contributed by atoms with Crippen LogP contribution in [-0.2, 0) is 17.0 Å². The monoisotopic (exact) mass is 470 g/mol. The molecule has 0 aliphatic rings.